The van der Waals surface area contributed by atoms with Gasteiger partial charge in [-0.15, -0.1) is 0 Å². The number of hydrogen-bond donors (Lipinski definition) is 1. The summed E-state index contributed by atoms with van der Waals surface area (Å²) in [6.07, 6.45) is 3.46. The minimum absolute atomic E-state index is 0.210. The average molecular weight is 267 g/mol. The molecule has 1 atom stereocenters. The van der Waals surface area contributed by atoms with Crippen molar-refractivity contribution < 1.29 is 9.31 Å². The molecule has 0 spiro atoms. The second kappa shape index (κ2) is 5.97. The SMILES string of the molecule is CN1CCCCC1CNc1ccc(F)cc1[N+](=O)[O-]. The zero-order valence-corrected chi connectivity index (χ0v) is 10.9. The molecule has 5 nitrogen and oxygen atoms in total. The molecule has 1 fully saturated rings. The summed E-state index contributed by atoms with van der Waals surface area (Å²) >= 11 is 0. The van der Waals surface area contributed by atoms with Gasteiger partial charge in [-0.3, -0.25) is 10.1 Å². The van der Waals surface area contributed by atoms with Crippen LogP contribution in [0.2, 0.25) is 0 Å². The van der Waals surface area contributed by atoms with Crippen LogP contribution in [0.25, 0.3) is 0 Å². The monoisotopic (exact) mass is 267 g/mol. The molecule has 0 saturated carbocycles. The van der Waals surface area contributed by atoms with Crippen LogP contribution in [0.5, 0.6) is 0 Å². The van der Waals surface area contributed by atoms with E-state index in [-0.39, 0.29) is 5.69 Å². The summed E-state index contributed by atoms with van der Waals surface area (Å²) in [6.45, 7) is 1.70. The topological polar surface area (TPSA) is 58.4 Å². The quantitative estimate of drug-likeness (QED) is 0.673. The van der Waals surface area contributed by atoms with Crippen LogP contribution >= 0.6 is 0 Å². The molecule has 1 N–H and O–H groups in total. The van der Waals surface area contributed by atoms with Gasteiger partial charge in [0.05, 0.1) is 11.0 Å². The maximum atomic E-state index is 13.0. The lowest BCUT2D eigenvalue weighted by atomic mass is 10.0. The van der Waals surface area contributed by atoms with Crippen molar-refractivity contribution in [3.63, 3.8) is 0 Å². The molecular weight excluding hydrogens is 249 g/mol. The van der Waals surface area contributed by atoms with E-state index >= 15 is 0 Å². The molecule has 0 radical (unpaired) electrons. The summed E-state index contributed by atoms with van der Waals surface area (Å²) < 4.78 is 13.0. The Hall–Kier alpha value is -1.69. The van der Waals surface area contributed by atoms with Gasteiger partial charge in [-0.05, 0) is 38.6 Å². The zero-order chi connectivity index (χ0) is 13.8. The van der Waals surface area contributed by atoms with Crippen molar-refractivity contribution in [3.8, 4) is 0 Å². The summed E-state index contributed by atoms with van der Waals surface area (Å²) in [5.41, 5.74) is 0.170. The molecule has 1 aliphatic heterocycles. The Morgan fingerprint density at radius 2 is 2.32 bits per heavy atom. The Morgan fingerprint density at radius 1 is 1.53 bits per heavy atom. The molecule has 1 aromatic carbocycles. The van der Waals surface area contributed by atoms with Crippen LogP contribution in [0.3, 0.4) is 0 Å². The molecule has 1 saturated heterocycles. The van der Waals surface area contributed by atoms with Crippen LogP contribution in [0, 0.1) is 15.9 Å². The Kier molecular flexibility index (Phi) is 4.31. The van der Waals surface area contributed by atoms with Gasteiger partial charge in [-0.2, -0.15) is 0 Å². The van der Waals surface area contributed by atoms with E-state index in [9.17, 15) is 14.5 Å². The van der Waals surface area contributed by atoms with E-state index in [0.29, 0.717) is 18.3 Å². The van der Waals surface area contributed by atoms with Crippen molar-refractivity contribution in [3.05, 3.63) is 34.1 Å². The molecule has 1 heterocycles. The van der Waals surface area contributed by atoms with E-state index in [2.05, 4.69) is 17.3 Å². The van der Waals surface area contributed by atoms with Crippen molar-refractivity contribution in [1.82, 2.24) is 4.90 Å². The number of nitrogens with one attached hydrogen (secondary N) is 1. The number of likely N-dealkylation sites (N-methyl/N-ethyl adjacent to an activating group) is 1. The van der Waals surface area contributed by atoms with Crippen molar-refractivity contribution in [2.75, 3.05) is 25.5 Å². The van der Waals surface area contributed by atoms with Crippen molar-refractivity contribution in [2.45, 2.75) is 25.3 Å². The number of anilines is 1. The van der Waals surface area contributed by atoms with Crippen molar-refractivity contribution in [2.24, 2.45) is 0 Å². The highest BCUT2D eigenvalue weighted by atomic mass is 19.1. The van der Waals surface area contributed by atoms with Crippen LogP contribution in [0.1, 0.15) is 19.3 Å². The normalized spacial score (nSPS) is 20.2. The Labute approximate surface area is 111 Å². The summed E-state index contributed by atoms with van der Waals surface area (Å²) in [5, 5.41) is 13.9. The number of nitro benzene ring substituents is 1. The van der Waals surface area contributed by atoms with E-state index in [0.717, 1.165) is 19.0 Å². The van der Waals surface area contributed by atoms with E-state index < -0.39 is 10.7 Å². The first-order chi connectivity index (χ1) is 9.08. The summed E-state index contributed by atoms with van der Waals surface area (Å²) in [5.74, 6) is -0.591. The average Bonchev–Trinajstić information content (AvgIpc) is 2.38. The lowest BCUT2D eigenvalue weighted by molar-refractivity contribution is -0.384. The molecule has 1 unspecified atom stereocenters. The first-order valence-electron chi connectivity index (χ1n) is 6.46. The lowest BCUT2D eigenvalue weighted by Gasteiger charge is -2.32. The molecule has 6 heteroatoms. The van der Waals surface area contributed by atoms with Crippen LogP contribution in [0.15, 0.2) is 18.2 Å². The summed E-state index contributed by atoms with van der Waals surface area (Å²) in [4.78, 5) is 12.6. The maximum absolute atomic E-state index is 13.0. The number of nitro groups is 1. The van der Waals surface area contributed by atoms with Gasteiger partial charge in [-0.1, -0.05) is 6.42 Å². The number of hydrogen-bond acceptors (Lipinski definition) is 4. The molecule has 0 aromatic heterocycles. The van der Waals surface area contributed by atoms with E-state index in [4.69, 9.17) is 0 Å². The third-order valence-corrected chi connectivity index (χ3v) is 3.61. The largest absolute Gasteiger partial charge is 0.378 e. The van der Waals surface area contributed by atoms with Gasteiger partial charge in [0.2, 0.25) is 0 Å². The predicted octanol–water partition coefficient (Wildman–Crippen LogP) is 2.63. The maximum Gasteiger partial charge on any atom is 0.295 e. The fraction of sp³-hybridized carbons (Fsp3) is 0.538. The summed E-state index contributed by atoms with van der Waals surface area (Å²) in [7, 11) is 2.06. The fourth-order valence-corrected chi connectivity index (χ4v) is 2.44. The Bertz CT molecular complexity index is 467. The predicted molar refractivity (Wildman–Crippen MR) is 71.8 cm³/mol. The molecule has 0 amide bonds. The van der Waals surface area contributed by atoms with Gasteiger partial charge < -0.3 is 10.2 Å². The molecule has 104 valence electrons. The van der Waals surface area contributed by atoms with Crippen LogP contribution < -0.4 is 5.32 Å². The van der Waals surface area contributed by atoms with E-state index in [1.54, 1.807) is 0 Å². The second-order valence-electron chi connectivity index (χ2n) is 4.93. The minimum atomic E-state index is -0.591. The third kappa shape index (κ3) is 3.41. The highest BCUT2D eigenvalue weighted by Crippen LogP contribution is 2.25. The molecule has 1 aliphatic rings. The van der Waals surface area contributed by atoms with E-state index in [1.165, 1.54) is 25.0 Å². The smallest absolute Gasteiger partial charge is 0.295 e. The minimum Gasteiger partial charge on any atom is -0.378 e. The number of rotatable bonds is 4. The van der Waals surface area contributed by atoms with Crippen molar-refractivity contribution in [1.29, 1.82) is 0 Å². The molecule has 19 heavy (non-hydrogen) atoms. The van der Waals surface area contributed by atoms with Crippen molar-refractivity contribution >= 4 is 11.4 Å². The Balaban J connectivity index is 2.04. The van der Waals surface area contributed by atoms with Crippen LogP contribution in [-0.4, -0.2) is 36.0 Å². The highest BCUT2D eigenvalue weighted by molar-refractivity contribution is 5.61. The van der Waals surface area contributed by atoms with Crippen LogP contribution in [0.4, 0.5) is 15.8 Å². The Morgan fingerprint density at radius 3 is 3.00 bits per heavy atom. The number of nitrogens with zero attached hydrogens (tertiary/aromatic N) is 2. The van der Waals surface area contributed by atoms with Gasteiger partial charge >= 0.3 is 0 Å². The molecule has 2 rings (SSSR count). The fourth-order valence-electron chi connectivity index (χ4n) is 2.44. The summed E-state index contributed by atoms with van der Waals surface area (Å²) in [6, 6.07) is 3.99. The number of benzene rings is 1. The van der Waals surface area contributed by atoms with Gasteiger partial charge in [0.25, 0.3) is 5.69 Å². The van der Waals surface area contributed by atoms with Gasteiger partial charge in [0.1, 0.15) is 11.5 Å². The number of likely N-dealkylation sites (tertiary alicyclic amines) is 1. The third-order valence-electron chi connectivity index (χ3n) is 3.61. The van der Waals surface area contributed by atoms with Gasteiger partial charge in [-0.25, -0.2) is 4.39 Å². The lowest BCUT2D eigenvalue weighted by Crippen LogP contribution is -2.40. The van der Waals surface area contributed by atoms with E-state index in [1.807, 2.05) is 0 Å². The highest BCUT2D eigenvalue weighted by Gasteiger charge is 2.20. The number of halogens is 1. The van der Waals surface area contributed by atoms with Gasteiger partial charge in [0, 0.05) is 12.6 Å². The molecular formula is C13H18FN3O2. The molecule has 0 aliphatic carbocycles. The first kappa shape index (κ1) is 13.7. The number of piperidine rings is 1. The second-order valence-corrected chi connectivity index (χ2v) is 4.93. The first-order valence-corrected chi connectivity index (χ1v) is 6.46. The zero-order valence-electron chi connectivity index (χ0n) is 10.9. The molecule has 0 bridgehead atoms. The van der Waals surface area contributed by atoms with Crippen LogP contribution in [-0.2, 0) is 0 Å². The molecule has 1 aromatic rings. The standard InChI is InChI=1S/C13H18FN3O2/c1-16-7-3-2-4-11(16)9-15-12-6-5-10(14)8-13(12)17(18)19/h5-6,8,11,15H,2-4,7,9H2,1H3. The van der Waals surface area contributed by atoms with Gasteiger partial charge in [0.15, 0.2) is 0 Å².